The summed E-state index contributed by atoms with van der Waals surface area (Å²) in [7, 11) is 1.63. The fourth-order valence-electron chi connectivity index (χ4n) is 2.30. The summed E-state index contributed by atoms with van der Waals surface area (Å²) in [5, 5.41) is 4.62. The average molecular weight is 325 g/mol. The summed E-state index contributed by atoms with van der Waals surface area (Å²) in [5.41, 5.74) is 2.01. The lowest BCUT2D eigenvalue weighted by atomic mass is 9.99. The number of aromatic nitrogens is 1. The van der Waals surface area contributed by atoms with Gasteiger partial charge >= 0.3 is 0 Å². The van der Waals surface area contributed by atoms with Crippen molar-refractivity contribution in [1.29, 1.82) is 0 Å². The smallest absolute Gasteiger partial charge is 0.217 e. The molecule has 3 nitrogen and oxygen atoms in total. The summed E-state index contributed by atoms with van der Waals surface area (Å²) < 4.78 is 5.35. The second-order valence-corrected chi connectivity index (χ2v) is 5.41. The van der Waals surface area contributed by atoms with E-state index >= 15 is 0 Å². The fraction of sp³-hybridized carbons (Fsp3) is 0.312. The highest BCUT2D eigenvalue weighted by Crippen LogP contribution is 2.31. The summed E-state index contributed by atoms with van der Waals surface area (Å²) in [6, 6.07) is 9.67. The number of nitrogens with zero attached hydrogens (tertiary/aromatic N) is 1. The maximum Gasteiger partial charge on any atom is 0.217 e. The van der Waals surface area contributed by atoms with Crippen LogP contribution in [0.1, 0.15) is 24.1 Å². The molecule has 1 atom stereocenters. The minimum atomic E-state index is 0.0645. The summed E-state index contributed by atoms with van der Waals surface area (Å²) >= 11 is 12.4. The second-order valence-electron chi connectivity index (χ2n) is 4.63. The van der Waals surface area contributed by atoms with Gasteiger partial charge in [-0.1, -0.05) is 48.3 Å². The zero-order valence-electron chi connectivity index (χ0n) is 12.1. The molecule has 0 bridgehead atoms. The minimum absolute atomic E-state index is 0.0645. The van der Waals surface area contributed by atoms with Gasteiger partial charge in [0, 0.05) is 17.8 Å². The van der Waals surface area contributed by atoms with Gasteiger partial charge in [-0.3, -0.25) is 0 Å². The summed E-state index contributed by atoms with van der Waals surface area (Å²) in [4.78, 5) is 4.26. The van der Waals surface area contributed by atoms with Gasteiger partial charge in [0.15, 0.2) is 0 Å². The molecule has 21 heavy (non-hydrogen) atoms. The SMILES string of the molecule is CCNC(Cc1cccc(Cl)c1Cl)c1cccnc1OC. The third kappa shape index (κ3) is 3.88. The third-order valence-corrected chi connectivity index (χ3v) is 4.13. The van der Waals surface area contributed by atoms with E-state index < -0.39 is 0 Å². The predicted octanol–water partition coefficient (Wildman–Crippen LogP) is 4.29. The average Bonchev–Trinajstić information content (AvgIpc) is 2.51. The van der Waals surface area contributed by atoms with Crippen LogP contribution in [0.3, 0.4) is 0 Å². The summed E-state index contributed by atoms with van der Waals surface area (Å²) in [6.07, 6.45) is 2.44. The number of hydrogen-bond donors (Lipinski definition) is 1. The molecule has 1 unspecified atom stereocenters. The minimum Gasteiger partial charge on any atom is -0.481 e. The van der Waals surface area contributed by atoms with Crippen molar-refractivity contribution in [3.05, 3.63) is 57.7 Å². The number of hydrogen-bond acceptors (Lipinski definition) is 3. The molecule has 2 aromatic rings. The molecular weight excluding hydrogens is 307 g/mol. The fourth-order valence-corrected chi connectivity index (χ4v) is 2.70. The molecule has 0 radical (unpaired) electrons. The van der Waals surface area contributed by atoms with Crippen LogP contribution in [-0.2, 0) is 6.42 Å². The van der Waals surface area contributed by atoms with Gasteiger partial charge < -0.3 is 10.1 Å². The van der Waals surface area contributed by atoms with E-state index in [1.54, 1.807) is 19.4 Å². The Hall–Kier alpha value is -1.29. The van der Waals surface area contributed by atoms with Crippen LogP contribution in [0.25, 0.3) is 0 Å². The van der Waals surface area contributed by atoms with E-state index in [0.717, 1.165) is 24.1 Å². The maximum atomic E-state index is 6.29. The second kappa shape index (κ2) is 7.64. The summed E-state index contributed by atoms with van der Waals surface area (Å²) in [6.45, 7) is 2.90. The van der Waals surface area contributed by atoms with E-state index in [2.05, 4.69) is 17.2 Å². The number of pyridine rings is 1. The quantitative estimate of drug-likeness (QED) is 0.860. The molecule has 0 aliphatic heterocycles. The molecule has 0 aliphatic rings. The standard InChI is InChI=1S/C16H18Cl2N2O/c1-3-19-14(12-7-5-9-20-16(12)21-2)10-11-6-4-8-13(17)15(11)18/h4-9,14,19H,3,10H2,1-2H3. The Morgan fingerprint density at radius 3 is 2.76 bits per heavy atom. The van der Waals surface area contributed by atoms with Gasteiger partial charge in [-0.15, -0.1) is 0 Å². The molecule has 5 heteroatoms. The first-order valence-electron chi connectivity index (χ1n) is 6.82. The molecule has 1 aromatic heterocycles. The van der Waals surface area contributed by atoms with Crippen LogP contribution in [0.2, 0.25) is 10.0 Å². The Morgan fingerprint density at radius 2 is 2.05 bits per heavy atom. The number of halogens is 2. The van der Waals surface area contributed by atoms with Crippen molar-refractivity contribution in [3.63, 3.8) is 0 Å². The monoisotopic (exact) mass is 324 g/mol. The van der Waals surface area contributed by atoms with Gasteiger partial charge in [-0.2, -0.15) is 0 Å². The molecule has 0 amide bonds. The predicted molar refractivity (Wildman–Crippen MR) is 87.4 cm³/mol. The number of ether oxygens (including phenoxy) is 1. The Balaban J connectivity index is 2.33. The molecular formula is C16H18Cl2N2O. The van der Waals surface area contributed by atoms with E-state index in [1.165, 1.54) is 0 Å². The van der Waals surface area contributed by atoms with Crippen LogP contribution < -0.4 is 10.1 Å². The number of nitrogens with one attached hydrogen (secondary N) is 1. The molecule has 1 aromatic carbocycles. The van der Waals surface area contributed by atoms with E-state index in [1.807, 2.05) is 24.3 Å². The van der Waals surface area contributed by atoms with Crippen LogP contribution in [-0.4, -0.2) is 18.6 Å². The molecule has 0 fully saturated rings. The molecule has 2 rings (SSSR count). The molecule has 0 spiro atoms. The lowest BCUT2D eigenvalue weighted by molar-refractivity contribution is 0.382. The normalized spacial score (nSPS) is 12.2. The van der Waals surface area contributed by atoms with Crippen molar-refractivity contribution in [2.45, 2.75) is 19.4 Å². The molecule has 0 saturated carbocycles. The highest BCUT2D eigenvalue weighted by molar-refractivity contribution is 6.42. The molecule has 1 N–H and O–H groups in total. The van der Waals surface area contributed by atoms with E-state index in [-0.39, 0.29) is 6.04 Å². The number of benzene rings is 1. The first-order chi connectivity index (χ1) is 10.2. The first kappa shape index (κ1) is 16.1. The van der Waals surface area contributed by atoms with E-state index in [4.69, 9.17) is 27.9 Å². The van der Waals surface area contributed by atoms with Crippen molar-refractivity contribution in [2.24, 2.45) is 0 Å². The molecule has 1 heterocycles. The van der Waals surface area contributed by atoms with Gasteiger partial charge in [0.25, 0.3) is 0 Å². The lowest BCUT2D eigenvalue weighted by Gasteiger charge is -2.20. The van der Waals surface area contributed by atoms with Gasteiger partial charge in [0.05, 0.1) is 17.2 Å². The van der Waals surface area contributed by atoms with Crippen LogP contribution in [0.15, 0.2) is 36.5 Å². The van der Waals surface area contributed by atoms with E-state index in [0.29, 0.717) is 15.9 Å². The Morgan fingerprint density at radius 1 is 1.24 bits per heavy atom. The van der Waals surface area contributed by atoms with Gasteiger partial charge in [-0.05, 0) is 30.7 Å². The molecule has 0 aliphatic carbocycles. The van der Waals surface area contributed by atoms with Crippen molar-refractivity contribution < 1.29 is 4.74 Å². The largest absolute Gasteiger partial charge is 0.481 e. The topological polar surface area (TPSA) is 34.2 Å². The Kier molecular flexibility index (Phi) is 5.85. The van der Waals surface area contributed by atoms with Gasteiger partial charge in [0.2, 0.25) is 5.88 Å². The zero-order valence-corrected chi connectivity index (χ0v) is 13.6. The Bertz CT molecular complexity index is 605. The van der Waals surface area contributed by atoms with Crippen molar-refractivity contribution in [2.75, 3.05) is 13.7 Å². The number of likely N-dealkylation sites (N-methyl/N-ethyl adjacent to an activating group) is 1. The van der Waals surface area contributed by atoms with Crippen molar-refractivity contribution in [1.82, 2.24) is 10.3 Å². The molecule has 112 valence electrons. The zero-order chi connectivity index (χ0) is 15.2. The van der Waals surface area contributed by atoms with Crippen LogP contribution >= 0.6 is 23.2 Å². The maximum absolute atomic E-state index is 6.29. The third-order valence-electron chi connectivity index (χ3n) is 3.28. The summed E-state index contributed by atoms with van der Waals surface area (Å²) in [5.74, 6) is 0.626. The van der Waals surface area contributed by atoms with Crippen molar-refractivity contribution in [3.8, 4) is 5.88 Å². The van der Waals surface area contributed by atoms with Gasteiger partial charge in [0.1, 0.15) is 0 Å². The van der Waals surface area contributed by atoms with Gasteiger partial charge in [-0.25, -0.2) is 4.98 Å². The lowest BCUT2D eigenvalue weighted by Crippen LogP contribution is -2.24. The van der Waals surface area contributed by atoms with E-state index in [9.17, 15) is 0 Å². The Labute approximate surface area is 135 Å². The number of rotatable bonds is 6. The number of methoxy groups -OCH3 is 1. The first-order valence-corrected chi connectivity index (χ1v) is 7.58. The highest BCUT2D eigenvalue weighted by Gasteiger charge is 2.18. The van der Waals surface area contributed by atoms with Crippen molar-refractivity contribution >= 4 is 23.2 Å². The van der Waals surface area contributed by atoms with Crippen LogP contribution in [0.4, 0.5) is 0 Å². The highest BCUT2D eigenvalue weighted by atomic mass is 35.5. The molecule has 0 saturated heterocycles. The van der Waals surface area contributed by atoms with Crippen LogP contribution in [0, 0.1) is 0 Å². The van der Waals surface area contributed by atoms with Crippen LogP contribution in [0.5, 0.6) is 5.88 Å².